The Morgan fingerprint density at radius 1 is 1.33 bits per heavy atom. The highest BCUT2D eigenvalue weighted by Crippen LogP contribution is 2.36. The Morgan fingerprint density at radius 2 is 2.07 bits per heavy atom. The summed E-state index contributed by atoms with van der Waals surface area (Å²) in [5.74, 6) is 0. The molecule has 0 radical (unpaired) electrons. The first-order valence-electron chi connectivity index (χ1n) is 4.25. The molecule has 0 aliphatic carbocycles. The number of hydrogen-bond donors (Lipinski definition) is 1. The van der Waals surface area contributed by atoms with Crippen LogP contribution in [0.4, 0.5) is 0 Å². The zero-order chi connectivity index (χ0) is 11.0. The van der Waals surface area contributed by atoms with Crippen LogP contribution in [-0.4, -0.2) is 5.11 Å². The molecule has 0 spiro atoms. The lowest BCUT2D eigenvalue weighted by Gasteiger charge is -2.04. The molecule has 0 fully saturated rings. The quantitative estimate of drug-likeness (QED) is 0.813. The second-order valence-corrected chi connectivity index (χ2v) is 7.88. The van der Waals surface area contributed by atoms with E-state index in [1.165, 1.54) is 5.56 Å². The van der Waals surface area contributed by atoms with Crippen LogP contribution in [0, 0.1) is 6.92 Å². The molecule has 1 N–H and O–H groups in total. The van der Waals surface area contributed by atoms with Crippen molar-refractivity contribution < 1.29 is 5.11 Å². The minimum atomic E-state index is -0.512. The minimum absolute atomic E-state index is 0.512. The minimum Gasteiger partial charge on any atom is -0.383 e. The van der Waals surface area contributed by atoms with Crippen LogP contribution in [0.5, 0.6) is 0 Å². The van der Waals surface area contributed by atoms with Crippen molar-refractivity contribution in [3.8, 4) is 0 Å². The lowest BCUT2D eigenvalue weighted by molar-refractivity contribution is 0.224. The zero-order valence-corrected chi connectivity index (χ0v) is 12.6. The van der Waals surface area contributed by atoms with Gasteiger partial charge < -0.3 is 5.11 Å². The Bertz CT molecular complexity index is 456. The lowest BCUT2D eigenvalue weighted by Crippen LogP contribution is -1.93. The summed E-state index contributed by atoms with van der Waals surface area (Å²) in [5, 5.41) is 12.1. The van der Waals surface area contributed by atoms with Crippen LogP contribution in [0.2, 0.25) is 0 Å². The fraction of sp³-hybridized carbons (Fsp3) is 0.200. The van der Waals surface area contributed by atoms with Gasteiger partial charge in [-0.2, -0.15) is 0 Å². The monoisotopic (exact) mass is 366 g/mol. The van der Waals surface area contributed by atoms with Crippen molar-refractivity contribution in [2.45, 2.75) is 13.0 Å². The molecule has 0 saturated heterocycles. The SMILES string of the molecule is Cc1cc(C(O)c2csc(Br)c2)sc1Br. The van der Waals surface area contributed by atoms with Gasteiger partial charge in [0.2, 0.25) is 0 Å². The normalized spacial score (nSPS) is 13.1. The number of thiophene rings is 2. The first kappa shape index (κ1) is 11.8. The molecule has 0 amide bonds. The van der Waals surface area contributed by atoms with Gasteiger partial charge in [-0.15, -0.1) is 22.7 Å². The van der Waals surface area contributed by atoms with Crippen molar-refractivity contribution in [3.05, 3.63) is 41.1 Å². The van der Waals surface area contributed by atoms with Crippen molar-refractivity contribution in [1.82, 2.24) is 0 Å². The maximum atomic E-state index is 10.1. The molecule has 1 atom stereocenters. The van der Waals surface area contributed by atoms with E-state index in [9.17, 15) is 5.11 Å². The van der Waals surface area contributed by atoms with Crippen molar-refractivity contribution in [3.63, 3.8) is 0 Å². The van der Waals surface area contributed by atoms with Crippen LogP contribution >= 0.6 is 54.5 Å². The molecule has 0 aliphatic rings. The Kier molecular flexibility index (Phi) is 3.67. The molecule has 0 aromatic carbocycles. The van der Waals surface area contributed by atoms with Gasteiger partial charge in [-0.25, -0.2) is 0 Å². The predicted molar refractivity (Wildman–Crippen MR) is 72.8 cm³/mol. The number of aliphatic hydroxyl groups is 1. The summed E-state index contributed by atoms with van der Waals surface area (Å²) in [7, 11) is 0. The maximum absolute atomic E-state index is 10.1. The van der Waals surface area contributed by atoms with E-state index in [0.29, 0.717) is 0 Å². The van der Waals surface area contributed by atoms with Crippen LogP contribution < -0.4 is 0 Å². The van der Waals surface area contributed by atoms with Crippen LogP contribution in [0.1, 0.15) is 22.1 Å². The van der Waals surface area contributed by atoms with E-state index in [2.05, 4.69) is 31.9 Å². The number of rotatable bonds is 2. The van der Waals surface area contributed by atoms with Crippen LogP contribution in [0.15, 0.2) is 25.1 Å². The fourth-order valence-electron chi connectivity index (χ4n) is 1.25. The topological polar surface area (TPSA) is 20.2 Å². The van der Waals surface area contributed by atoms with E-state index in [1.54, 1.807) is 22.7 Å². The Balaban J connectivity index is 2.31. The largest absolute Gasteiger partial charge is 0.383 e. The molecular weight excluding hydrogens is 360 g/mol. The molecule has 0 bridgehead atoms. The third-order valence-corrected chi connectivity index (χ3v) is 5.76. The van der Waals surface area contributed by atoms with E-state index in [-0.39, 0.29) is 0 Å². The molecule has 2 aromatic heterocycles. The highest BCUT2D eigenvalue weighted by atomic mass is 79.9. The Hall–Kier alpha value is 0.320. The molecule has 2 aromatic rings. The molecule has 80 valence electrons. The Labute approximate surface area is 113 Å². The number of aryl methyl sites for hydroxylation is 1. The molecule has 0 aliphatic heterocycles. The first-order chi connectivity index (χ1) is 7.08. The van der Waals surface area contributed by atoms with Gasteiger partial charge >= 0.3 is 0 Å². The van der Waals surface area contributed by atoms with E-state index in [1.807, 2.05) is 24.4 Å². The van der Waals surface area contributed by atoms with Crippen molar-refractivity contribution in [2.24, 2.45) is 0 Å². The van der Waals surface area contributed by atoms with Gasteiger partial charge in [0.15, 0.2) is 0 Å². The van der Waals surface area contributed by atoms with Gasteiger partial charge in [0, 0.05) is 4.88 Å². The summed E-state index contributed by atoms with van der Waals surface area (Å²) in [6.45, 7) is 2.03. The number of hydrogen-bond acceptors (Lipinski definition) is 3. The van der Waals surface area contributed by atoms with Crippen LogP contribution in [-0.2, 0) is 0 Å². The van der Waals surface area contributed by atoms with E-state index < -0.39 is 6.10 Å². The standard InChI is InChI=1S/C10H8Br2OS2/c1-5-2-7(15-10(5)12)9(13)6-3-8(11)14-4-6/h2-4,9,13H,1H3. The van der Waals surface area contributed by atoms with Gasteiger partial charge in [-0.3, -0.25) is 0 Å². The van der Waals surface area contributed by atoms with E-state index in [0.717, 1.165) is 18.0 Å². The van der Waals surface area contributed by atoms with Crippen molar-refractivity contribution in [2.75, 3.05) is 0 Å². The van der Waals surface area contributed by atoms with Crippen molar-refractivity contribution in [1.29, 1.82) is 0 Å². The van der Waals surface area contributed by atoms with Gasteiger partial charge in [-0.05, 0) is 67.4 Å². The van der Waals surface area contributed by atoms with Gasteiger partial charge in [0.25, 0.3) is 0 Å². The Morgan fingerprint density at radius 3 is 2.53 bits per heavy atom. The number of aliphatic hydroxyl groups excluding tert-OH is 1. The highest BCUT2D eigenvalue weighted by Gasteiger charge is 2.15. The smallest absolute Gasteiger partial charge is 0.114 e. The van der Waals surface area contributed by atoms with E-state index >= 15 is 0 Å². The number of halogens is 2. The molecular formula is C10H8Br2OS2. The zero-order valence-electron chi connectivity index (χ0n) is 7.83. The fourth-order valence-corrected chi connectivity index (χ4v) is 4.03. The molecule has 1 nitrogen and oxygen atoms in total. The summed E-state index contributed by atoms with van der Waals surface area (Å²) in [6, 6.07) is 3.98. The van der Waals surface area contributed by atoms with E-state index in [4.69, 9.17) is 0 Å². The summed E-state index contributed by atoms with van der Waals surface area (Å²) < 4.78 is 2.13. The van der Waals surface area contributed by atoms with Gasteiger partial charge in [0.1, 0.15) is 6.10 Å². The summed E-state index contributed by atoms with van der Waals surface area (Å²) in [4.78, 5) is 0.977. The van der Waals surface area contributed by atoms with Crippen LogP contribution in [0.25, 0.3) is 0 Å². The average molecular weight is 368 g/mol. The molecule has 15 heavy (non-hydrogen) atoms. The molecule has 2 heterocycles. The molecule has 0 saturated carbocycles. The second kappa shape index (κ2) is 4.67. The summed E-state index contributed by atoms with van der Waals surface area (Å²) in [5.41, 5.74) is 2.11. The van der Waals surface area contributed by atoms with Gasteiger partial charge in [0.05, 0.1) is 7.57 Å². The molecule has 1 unspecified atom stereocenters. The van der Waals surface area contributed by atoms with Crippen LogP contribution in [0.3, 0.4) is 0 Å². The lowest BCUT2D eigenvalue weighted by atomic mass is 10.1. The second-order valence-electron chi connectivity index (χ2n) is 3.19. The predicted octanol–water partition coefficient (Wildman–Crippen LogP) is 4.72. The third-order valence-electron chi connectivity index (χ3n) is 2.05. The molecule has 5 heteroatoms. The first-order valence-corrected chi connectivity index (χ1v) is 7.54. The summed E-state index contributed by atoms with van der Waals surface area (Å²) in [6.07, 6.45) is -0.512. The molecule has 2 rings (SSSR count). The summed E-state index contributed by atoms with van der Waals surface area (Å²) >= 11 is 10.0. The van der Waals surface area contributed by atoms with Crippen molar-refractivity contribution >= 4 is 54.5 Å². The van der Waals surface area contributed by atoms with Gasteiger partial charge in [-0.1, -0.05) is 0 Å². The average Bonchev–Trinajstić information content (AvgIpc) is 2.74. The highest BCUT2D eigenvalue weighted by molar-refractivity contribution is 9.11. The third kappa shape index (κ3) is 2.53. The maximum Gasteiger partial charge on any atom is 0.114 e.